The summed E-state index contributed by atoms with van der Waals surface area (Å²) in [5, 5.41) is 24.0. The Morgan fingerprint density at radius 2 is 2.08 bits per heavy atom. The van der Waals surface area contributed by atoms with Crippen LogP contribution in [-0.4, -0.2) is 56.9 Å². The Kier molecular flexibility index (Phi) is 7.98. The Morgan fingerprint density at radius 3 is 2.79 bits per heavy atom. The van der Waals surface area contributed by atoms with Crippen LogP contribution in [0.3, 0.4) is 0 Å². The number of methoxy groups -OCH3 is 2. The Hall–Kier alpha value is -4.36. The largest absolute Gasteiger partial charge is 0.496 e. The summed E-state index contributed by atoms with van der Waals surface area (Å²) in [6, 6.07) is 10.4. The fraction of sp³-hybridized carbons (Fsp3) is 0.357. The number of rotatable bonds is 10. The van der Waals surface area contributed by atoms with Gasteiger partial charge in [0.15, 0.2) is 0 Å². The van der Waals surface area contributed by atoms with Crippen molar-refractivity contribution in [3.05, 3.63) is 64.7 Å². The molecule has 3 N–H and O–H groups in total. The van der Waals surface area contributed by atoms with Gasteiger partial charge >= 0.3 is 5.97 Å². The van der Waals surface area contributed by atoms with Gasteiger partial charge in [0.2, 0.25) is 5.91 Å². The molecule has 4 rings (SSSR count). The van der Waals surface area contributed by atoms with Gasteiger partial charge in [-0.2, -0.15) is 5.26 Å². The van der Waals surface area contributed by atoms with Crippen LogP contribution < -0.4 is 20.1 Å². The van der Waals surface area contributed by atoms with Gasteiger partial charge in [0.1, 0.15) is 11.5 Å². The monoisotopic (exact) mass is 519 g/mol. The van der Waals surface area contributed by atoms with E-state index in [1.165, 1.54) is 13.2 Å². The first-order chi connectivity index (χ1) is 18.3. The molecule has 1 aliphatic carbocycles. The van der Waals surface area contributed by atoms with Crippen molar-refractivity contribution in [1.82, 2.24) is 5.32 Å². The summed E-state index contributed by atoms with van der Waals surface area (Å²) in [4.78, 5) is 37.2. The second kappa shape index (κ2) is 11.4. The van der Waals surface area contributed by atoms with Gasteiger partial charge in [-0.05, 0) is 43.0 Å². The minimum atomic E-state index is -1.06. The summed E-state index contributed by atoms with van der Waals surface area (Å²) in [6.45, 7) is 1.14. The third-order valence-electron chi connectivity index (χ3n) is 6.97. The molecule has 0 saturated heterocycles. The highest BCUT2D eigenvalue weighted by molar-refractivity contribution is 5.99. The van der Waals surface area contributed by atoms with Gasteiger partial charge in [0.05, 0.1) is 37.5 Å². The molecule has 198 valence electrons. The van der Waals surface area contributed by atoms with Gasteiger partial charge in [0, 0.05) is 48.4 Å². The van der Waals surface area contributed by atoms with Gasteiger partial charge < -0.3 is 30.0 Å². The first-order valence-electron chi connectivity index (χ1n) is 12.2. The van der Waals surface area contributed by atoms with Crippen LogP contribution in [0.1, 0.15) is 39.9 Å². The number of benzene rings is 2. The zero-order chi connectivity index (χ0) is 27.3. The number of carboxylic acid groups (broad SMARTS) is 1. The number of nitriles is 1. The van der Waals surface area contributed by atoms with Gasteiger partial charge in [-0.25, -0.2) is 4.79 Å². The number of ether oxygens (including phenoxy) is 3. The van der Waals surface area contributed by atoms with Gasteiger partial charge in [-0.1, -0.05) is 12.1 Å². The molecular formula is C28H29N3O7. The Bertz CT molecular complexity index is 1330. The molecule has 2 aromatic carbocycles. The number of carbonyl (C=O) groups is 3. The lowest BCUT2D eigenvalue weighted by atomic mass is 9.85. The second-order valence-electron chi connectivity index (χ2n) is 9.23. The lowest BCUT2D eigenvalue weighted by Crippen LogP contribution is -2.30. The number of carboxylic acids is 1. The van der Waals surface area contributed by atoms with Crippen LogP contribution in [0.5, 0.6) is 11.5 Å². The molecule has 1 fully saturated rings. The van der Waals surface area contributed by atoms with Crippen LogP contribution >= 0.6 is 0 Å². The molecule has 0 unspecified atom stereocenters. The number of hydrogen-bond donors (Lipinski definition) is 3. The number of carbonyl (C=O) groups excluding carboxylic acids is 2. The van der Waals surface area contributed by atoms with E-state index in [-0.39, 0.29) is 24.2 Å². The fourth-order valence-electron chi connectivity index (χ4n) is 4.93. The van der Waals surface area contributed by atoms with Crippen molar-refractivity contribution in [2.75, 3.05) is 39.3 Å². The van der Waals surface area contributed by atoms with Crippen molar-refractivity contribution in [2.24, 2.45) is 5.92 Å². The van der Waals surface area contributed by atoms with Crippen molar-refractivity contribution >= 4 is 23.5 Å². The summed E-state index contributed by atoms with van der Waals surface area (Å²) in [5.41, 5.74) is 2.19. The molecule has 1 heterocycles. The van der Waals surface area contributed by atoms with Crippen molar-refractivity contribution in [3.63, 3.8) is 0 Å². The number of nitrogens with zero attached hydrogens (tertiary/aromatic N) is 1. The van der Waals surface area contributed by atoms with Crippen LogP contribution in [0, 0.1) is 17.2 Å². The maximum atomic E-state index is 13.4. The minimum Gasteiger partial charge on any atom is -0.496 e. The van der Waals surface area contributed by atoms with Gasteiger partial charge in [-0.3, -0.25) is 9.59 Å². The van der Waals surface area contributed by atoms with E-state index in [1.807, 2.05) is 0 Å². The number of nitrogens with one attached hydrogen (secondary N) is 2. The highest BCUT2D eigenvalue weighted by Gasteiger charge is 2.61. The van der Waals surface area contributed by atoms with Crippen LogP contribution in [0.2, 0.25) is 0 Å². The standard InChI is InChI=1S/C28H29N3O7/c1-36-11-9-30-26(34)19-13-20-24(14-23(19)37-2)38-10-8-28(20)15-21(28)27(35)31-22-12-17(16-29)6-7-18(22)4-3-5-25(32)33/h3,5-7,12-14,21H,4,8-11,15H2,1-2H3,(H,30,34)(H,31,35)(H,32,33)/t21-,28-/m0/s1. The van der Waals surface area contributed by atoms with E-state index in [0.29, 0.717) is 66.5 Å². The van der Waals surface area contributed by atoms with Crippen LogP contribution in [0.15, 0.2) is 42.5 Å². The van der Waals surface area contributed by atoms with E-state index in [2.05, 4.69) is 16.7 Å². The molecule has 0 radical (unpaired) electrons. The molecule has 2 aromatic rings. The summed E-state index contributed by atoms with van der Waals surface area (Å²) in [7, 11) is 3.04. The molecule has 2 amide bonds. The minimum absolute atomic E-state index is 0.210. The lowest BCUT2D eigenvalue weighted by Gasteiger charge is -2.28. The normalized spacial score (nSPS) is 19.2. The average molecular weight is 520 g/mol. The highest BCUT2D eigenvalue weighted by Crippen LogP contribution is 2.61. The zero-order valence-corrected chi connectivity index (χ0v) is 21.2. The van der Waals surface area contributed by atoms with E-state index in [0.717, 1.165) is 11.6 Å². The maximum absolute atomic E-state index is 13.4. The quantitative estimate of drug-likeness (QED) is 0.321. The number of amides is 2. The molecule has 1 aliphatic heterocycles. The van der Waals surface area contributed by atoms with Crippen LogP contribution in [0.4, 0.5) is 5.69 Å². The van der Waals surface area contributed by atoms with E-state index in [1.54, 1.807) is 37.4 Å². The third-order valence-corrected chi connectivity index (χ3v) is 6.97. The van der Waals surface area contributed by atoms with Gasteiger partial charge in [0.25, 0.3) is 5.91 Å². The smallest absolute Gasteiger partial charge is 0.327 e. The molecule has 10 nitrogen and oxygen atoms in total. The summed E-state index contributed by atoms with van der Waals surface area (Å²) >= 11 is 0. The molecular weight excluding hydrogens is 490 g/mol. The third kappa shape index (κ3) is 5.48. The number of allylic oxidation sites excluding steroid dienone is 1. The van der Waals surface area contributed by atoms with Gasteiger partial charge in [-0.15, -0.1) is 0 Å². The molecule has 1 spiro atoms. The number of fused-ring (bicyclic) bond motifs is 2. The highest BCUT2D eigenvalue weighted by atomic mass is 16.5. The molecule has 38 heavy (non-hydrogen) atoms. The predicted octanol–water partition coefficient (Wildman–Crippen LogP) is 2.81. The van der Waals surface area contributed by atoms with Crippen LogP contribution in [0.25, 0.3) is 0 Å². The van der Waals surface area contributed by atoms with E-state index >= 15 is 0 Å². The molecule has 0 aromatic heterocycles. The number of anilines is 1. The number of aliphatic carboxylic acids is 1. The van der Waals surface area contributed by atoms with E-state index in [9.17, 15) is 19.6 Å². The summed E-state index contributed by atoms with van der Waals surface area (Å²) in [6.07, 6.45) is 4.00. The number of hydrogen-bond acceptors (Lipinski definition) is 7. The Morgan fingerprint density at radius 1 is 1.26 bits per heavy atom. The lowest BCUT2D eigenvalue weighted by molar-refractivity contribution is -0.131. The van der Waals surface area contributed by atoms with Crippen molar-refractivity contribution in [1.29, 1.82) is 5.26 Å². The second-order valence-corrected chi connectivity index (χ2v) is 9.23. The summed E-state index contributed by atoms with van der Waals surface area (Å²) < 4.78 is 16.3. The SMILES string of the molecule is COCCNC(=O)c1cc2c(cc1OC)OCC[C@]21C[C@H]1C(=O)Nc1cc(C#N)ccc1CC=CC(=O)O. The molecule has 0 bridgehead atoms. The predicted molar refractivity (Wildman–Crippen MR) is 137 cm³/mol. The summed E-state index contributed by atoms with van der Waals surface area (Å²) in [5.74, 6) is -0.982. The molecule has 2 atom stereocenters. The van der Waals surface area contributed by atoms with E-state index in [4.69, 9.17) is 19.3 Å². The maximum Gasteiger partial charge on any atom is 0.327 e. The van der Waals surface area contributed by atoms with E-state index < -0.39 is 11.4 Å². The Labute approximate surface area is 220 Å². The van der Waals surface area contributed by atoms with Crippen LogP contribution in [-0.2, 0) is 26.2 Å². The van der Waals surface area contributed by atoms with Crippen molar-refractivity contribution < 1.29 is 33.7 Å². The molecule has 1 saturated carbocycles. The average Bonchev–Trinajstić information content (AvgIpc) is 3.63. The van der Waals surface area contributed by atoms with Crippen molar-refractivity contribution in [3.8, 4) is 17.6 Å². The Balaban J connectivity index is 1.59. The fourth-order valence-corrected chi connectivity index (χ4v) is 4.93. The zero-order valence-electron chi connectivity index (χ0n) is 21.2. The molecule has 2 aliphatic rings. The first-order valence-corrected chi connectivity index (χ1v) is 12.2. The first kappa shape index (κ1) is 26.7. The molecule has 10 heteroatoms. The van der Waals surface area contributed by atoms with Crippen molar-refractivity contribution in [2.45, 2.75) is 24.7 Å². The topological polar surface area (TPSA) is 147 Å².